The Morgan fingerprint density at radius 2 is 1.62 bits per heavy atom. The molecule has 0 saturated heterocycles. The van der Waals surface area contributed by atoms with E-state index in [1.165, 1.54) is 21.3 Å². The lowest BCUT2D eigenvalue weighted by molar-refractivity contribution is 0.0977. The lowest BCUT2D eigenvalue weighted by Gasteiger charge is -2.15. The van der Waals surface area contributed by atoms with Gasteiger partial charge < -0.3 is 24.3 Å². The molecule has 0 unspecified atom stereocenters. The predicted molar refractivity (Wildman–Crippen MR) is 117 cm³/mol. The third kappa shape index (κ3) is 6.25. The van der Waals surface area contributed by atoms with E-state index in [9.17, 15) is 4.79 Å². The van der Waals surface area contributed by atoms with Gasteiger partial charge in [0, 0.05) is 11.3 Å². The van der Waals surface area contributed by atoms with Gasteiger partial charge in [-0.2, -0.15) is 0 Å². The Bertz CT molecular complexity index is 814. The molecule has 0 bridgehead atoms. The average Bonchev–Trinajstić information content (AvgIpc) is 2.73. The zero-order valence-electron chi connectivity index (χ0n) is 17.0. The van der Waals surface area contributed by atoms with E-state index in [1.54, 1.807) is 12.1 Å². The van der Waals surface area contributed by atoms with Crippen LogP contribution in [0, 0.1) is 0 Å². The van der Waals surface area contributed by atoms with Crippen LogP contribution >= 0.6 is 12.2 Å². The van der Waals surface area contributed by atoms with Crippen LogP contribution in [0.25, 0.3) is 0 Å². The number of rotatable bonds is 9. The number of carbonyl (C=O) groups excluding carboxylic acids is 1. The molecule has 2 aromatic carbocycles. The van der Waals surface area contributed by atoms with Crippen molar-refractivity contribution < 1.29 is 23.7 Å². The van der Waals surface area contributed by atoms with Gasteiger partial charge in [0.1, 0.15) is 5.75 Å². The Morgan fingerprint density at radius 1 is 1.00 bits per heavy atom. The molecule has 2 rings (SSSR count). The minimum atomic E-state index is -0.402. The maximum Gasteiger partial charge on any atom is 0.257 e. The van der Waals surface area contributed by atoms with Gasteiger partial charge in [-0.25, -0.2) is 0 Å². The fraction of sp³-hybridized carbons (Fsp3) is 0.333. The van der Waals surface area contributed by atoms with E-state index in [4.69, 9.17) is 31.2 Å². The molecule has 0 saturated carbocycles. The first kappa shape index (κ1) is 22.3. The molecule has 0 fully saturated rings. The number of thiocarbonyl (C=S) groups is 1. The lowest BCUT2D eigenvalue weighted by atomic mass is 10.1. The lowest BCUT2D eigenvalue weighted by Crippen LogP contribution is -2.34. The Balaban J connectivity index is 2.01. The molecule has 0 aliphatic carbocycles. The molecular weight excluding hydrogens is 392 g/mol. The quantitative estimate of drug-likeness (QED) is 0.470. The molecule has 2 aromatic rings. The molecular formula is C21H26N2O5S. The molecule has 0 aliphatic rings. The highest BCUT2D eigenvalue weighted by atomic mass is 32.1. The topological polar surface area (TPSA) is 78.1 Å². The number of methoxy groups -OCH3 is 3. The fourth-order valence-corrected chi connectivity index (χ4v) is 2.73. The third-order valence-corrected chi connectivity index (χ3v) is 4.24. The van der Waals surface area contributed by atoms with E-state index in [2.05, 4.69) is 17.6 Å². The number of anilines is 1. The highest BCUT2D eigenvalue weighted by Gasteiger charge is 2.17. The summed E-state index contributed by atoms with van der Waals surface area (Å²) in [4.78, 5) is 12.6. The maximum atomic E-state index is 12.6. The first-order chi connectivity index (χ1) is 14.0. The monoisotopic (exact) mass is 418 g/mol. The average molecular weight is 419 g/mol. The van der Waals surface area contributed by atoms with Gasteiger partial charge in [0.05, 0.1) is 27.9 Å². The van der Waals surface area contributed by atoms with E-state index in [0.717, 1.165) is 24.3 Å². The number of nitrogens with one attached hydrogen (secondary N) is 2. The molecule has 0 atom stereocenters. The van der Waals surface area contributed by atoms with Crippen LogP contribution in [0.4, 0.5) is 5.69 Å². The van der Waals surface area contributed by atoms with E-state index in [-0.39, 0.29) is 5.11 Å². The number of carbonyl (C=O) groups is 1. The summed E-state index contributed by atoms with van der Waals surface area (Å²) < 4.78 is 21.4. The van der Waals surface area contributed by atoms with Gasteiger partial charge in [-0.15, -0.1) is 0 Å². The molecule has 156 valence electrons. The Kier molecular flexibility index (Phi) is 8.54. The first-order valence-corrected chi connectivity index (χ1v) is 9.58. The molecule has 29 heavy (non-hydrogen) atoms. The van der Waals surface area contributed by atoms with Crippen LogP contribution in [0.3, 0.4) is 0 Å². The minimum absolute atomic E-state index is 0.170. The van der Waals surface area contributed by atoms with Crippen molar-refractivity contribution in [3.63, 3.8) is 0 Å². The van der Waals surface area contributed by atoms with Gasteiger partial charge in [0.2, 0.25) is 5.75 Å². The van der Waals surface area contributed by atoms with Crippen LogP contribution in [-0.4, -0.2) is 39.0 Å². The summed E-state index contributed by atoms with van der Waals surface area (Å²) in [6, 6.07) is 10.5. The van der Waals surface area contributed by atoms with Crippen LogP contribution in [0.15, 0.2) is 36.4 Å². The SMILES string of the molecule is CCCCOc1ccc(NC(=S)NC(=O)c2cc(OC)c(OC)c(OC)c2)cc1. The minimum Gasteiger partial charge on any atom is -0.494 e. The molecule has 2 N–H and O–H groups in total. The molecule has 0 radical (unpaired) electrons. The van der Waals surface area contributed by atoms with Crippen LogP contribution in [-0.2, 0) is 0 Å². The van der Waals surface area contributed by atoms with Crippen LogP contribution in [0.1, 0.15) is 30.1 Å². The summed E-state index contributed by atoms with van der Waals surface area (Å²) in [7, 11) is 4.47. The van der Waals surface area contributed by atoms with Crippen molar-refractivity contribution >= 4 is 28.9 Å². The normalized spacial score (nSPS) is 10.1. The zero-order chi connectivity index (χ0) is 21.2. The second-order valence-electron chi connectivity index (χ2n) is 6.05. The van der Waals surface area contributed by atoms with Gasteiger partial charge in [0.25, 0.3) is 5.91 Å². The molecule has 0 aliphatic heterocycles. The molecule has 1 amide bonds. The predicted octanol–water partition coefficient (Wildman–Crippen LogP) is 4.02. The molecule has 8 heteroatoms. The van der Waals surface area contributed by atoms with E-state index >= 15 is 0 Å². The Morgan fingerprint density at radius 3 is 2.14 bits per heavy atom. The summed E-state index contributed by atoms with van der Waals surface area (Å²) in [5, 5.41) is 5.78. The second kappa shape index (κ2) is 11.1. The van der Waals surface area contributed by atoms with E-state index in [0.29, 0.717) is 29.4 Å². The largest absolute Gasteiger partial charge is 0.494 e. The number of ether oxygens (including phenoxy) is 4. The van der Waals surface area contributed by atoms with E-state index in [1.807, 2.05) is 24.3 Å². The first-order valence-electron chi connectivity index (χ1n) is 9.17. The number of hydrogen-bond donors (Lipinski definition) is 2. The molecule has 7 nitrogen and oxygen atoms in total. The van der Waals surface area contributed by atoms with Crippen molar-refractivity contribution in [2.24, 2.45) is 0 Å². The third-order valence-electron chi connectivity index (χ3n) is 4.03. The van der Waals surface area contributed by atoms with Crippen molar-refractivity contribution in [2.45, 2.75) is 19.8 Å². The Labute approximate surface area is 176 Å². The smallest absolute Gasteiger partial charge is 0.257 e. The zero-order valence-corrected chi connectivity index (χ0v) is 17.9. The van der Waals surface area contributed by atoms with Gasteiger partial charge in [-0.1, -0.05) is 13.3 Å². The summed E-state index contributed by atoms with van der Waals surface area (Å²) in [6.45, 7) is 2.80. The molecule has 0 spiro atoms. The van der Waals surface area contributed by atoms with Crippen molar-refractivity contribution in [3.8, 4) is 23.0 Å². The van der Waals surface area contributed by atoms with Crippen LogP contribution in [0.2, 0.25) is 0 Å². The summed E-state index contributed by atoms with van der Waals surface area (Å²) in [5.41, 5.74) is 1.06. The van der Waals surface area contributed by atoms with Gasteiger partial charge >= 0.3 is 0 Å². The van der Waals surface area contributed by atoms with Crippen molar-refractivity contribution in [2.75, 3.05) is 33.3 Å². The number of unbranched alkanes of at least 4 members (excludes halogenated alkanes) is 1. The number of benzene rings is 2. The highest BCUT2D eigenvalue weighted by molar-refractivity contribution is 7.80. The summed E-state index contributed by atoms with van der Waals surface area (Å²) >= 11 is 5.24. The maximum absolute atomic E-state index is 12.6. The van der Waals surface area contributed by atoms with Crippen molar-refractivity contribution in [1.82, 2.24) is 5.32 Å². The standard InChI is InChI=1S/C21H26N2O5S/c1-5-6-11-28-16-9-7-15(8-10-16)22-21(29)23-20(24)14-12-17(25-2)19(27-4)18(13-14)26-3/h7-10,12-13H,5-6,11H2,1-4H3,(H2,22,23,24,29). The Hall–Kier alpha value is -3.00. The fourth-order valence-electron chi connectivity index (χ4n) is 2.52. The summed E-state index contributed by atoms with van der Waals surface area (Å²) in [6.07, 6.45) is 2.09. The van der Waals surface area contributed by atoms with Crippen molar-refractivity contribution in [3.05, 3.63) is 42.0 Å². The van der Waals surface area contributed by atoms with Gasteiger partial charge in [-0.05, 0) is 55.0 Å². The molecule has 0 aromatic heterocycles. The highest BCUT2D eigenvalue weighted by Crippen LogP contribution is 2.38. The summed E-state index contributed by atoms with van der Waals surface area (Å²) in [5.74, 6) is 1.57. The number of amides is 1. The van der Waals surface area contributed by atoms with Gasteiger partial charge in [0.15, 0.2) is 16.6 Å². The van der Waals surface area contributed by atoms with Crippen LogP contribution < -0.4 is 29.6 Å². The van der Waals surface area contributed by atoms with Crippen LogP contribution in [0.5, 0.6) is 23.0 Å². The second-order valence-corrected chi connectivity index (χ2v) is 6.46. The molecule has 0 heterocycles. The van der Waals surface area contributed by atoms with Crippen molar-refractivity contribution in [1.29, 1.82) is 0 Å². The number of hydrogen-bond acceptors (Lipinski definition) is 6. The van der Waals surface area contributed by atoms with Gasteiger partial charge in [-0.3, -0.25) is 10.1 Å². The van der Waals surface area contributed by atoms with E-state index < -0.39 is 5.91 Å².